The summed E-state index contributed by atoms with van der Waals surface area (Å²) in [6.07, 6.45) is -2.71. The second-order valence-corrected chi connectivity index (χ2v) is 2.82. The minimum Gasteiger partial charge on any atom is -0.478 e. The zero-order chi connectivity index (χ0) is 10.0. The summed E-state index contributed by atoms with van der Waals surface area (Å²) in [5, 5.41) is 8.51. The Balaban J connectivity index is 3.19. The topological polar surface area (TPSA) is 37.3 Å². The van der Waals surface area contributed by atoms with E-state index >= 15 is 0 Å². The van der Waals surface area contributed by atoms with E-state index in [-0.39, 0.29) is 16.1 Å². The lowest BCUT2D eigenvalue weighted by Crippen LogP contribution is -1.97. The lowest BCUT2D eigenvalue weighted by molar-refractivity contribution is 0.0696. The smallest absolute Gasteiger partial charge is 0.335 e. The Morgan fingerprint density at radius 1 is 1.38 bits per heavy atom. The maximum Gasteiger partial charge on any atom is 0.335 e. The normalized spacial score (nSPS) is 10.5. The van der Waals surface area contributed by atoms with Crippen LogP contribution < -0.4 is 0 Å². The molecule has 5 heteroatoms. The SMILES string of the molecule is O=C(O)c1cc(Cl)cc(C(F)F)c1. The lowest BCUT2D eigenvalue weighted by atomic mass is 10.1. The molecule has 1 N–H and O–H groups in total. The summed E-state index contributed by atoms with van der Waals surface area (Å²) in [6, 6.07) is 3.06. The molecule has 0 atom stereocenters. The number of rotatable bonds is 2. The molecule has 2 nitrogen and oxygen atoms in total. The Kier molecular flexibility index (Phi) is 2.83. The predicted octanol–water partition coefficient (Wildman–Crippen LogP) is 2.98. The average Bonchev–Trinajstić information content (AvgIpc) is 2.03. The first-order valence-electron chi connectivity index (χ1n) is 3.32. The van der Waals surface area contributed by atoms with Gasteiger partial charge in [-0.25, -0.2) is 13.6 Å². The van der Waals surface area contributed by atoms with E-state index in [1.165, 1.54) is 0 Å². The Labute approximate surface area is 77.8 Å². The van der Waals surface area contributed by atoms with E-state index in [0.717, 1.165) is 18.2 Å². The van der Waals surface area contributed by atoms with Gasteiger partial charge in [0.15, 0.2) is 0 Å². The highest BCUT2D eigenvalue weighted by molar-refractivity contribution is 6.31. The third-order valence-electron chi connectivity index (χ3n) is 1.42. The van der Waals surface area contributed by atoms with Crippen molar-refractivity contribution >= 4 is 17.6 Å². The van der Waals surface area contributed by atoms with Crippen LogP contribution in [0.25, 0.3) is 0 Å². The summed E-state index contributed by atoms with van der Waals surface area (Å²) in [5.74, 6) is -1.27. The van der Waals surface area contributed by atoms with Crippen LogP contribution >= 0.6 is 11.6 Å². The van der Waals surface area contributed by atoms with Crippen molar-refractivity contribution in [2.45, 2.75) is 6.43 Å². The zero-order valence-corrected chi connectivity index (χ0v) is 7.05. The Bertz CT molecular complexity index is 339. The van der Waals surface area contributed by atoms with Crippen molar-refractivity contribution in [1.29, 1.82) is 0 Å². The number of hydrogen-bond acceptors (Lipinski definition) is 1. The van der Waals surface area contributed by atoms with Crippen molar-refractivity contribution in [2.75, 3.05) is 0 Å². The summed E-state index contributed by atoms with van der Waals surface area (Å²) in [7, 11) is 0. The van der Waals surface area contributed by atoms with Gasteiger partial charge in [-0.3, -0.25) is 0 Å². The molecule has 13 heavy (non-hydrogen) atoms. The van der Waals surface area contributed by atoms with Gasteiger partial charge in [0.2, 0.25) is 0 Å². The molecular weight excluding hydrogens is 202 g/mol. The summed E-state index contributed by atoms with van der Waals surface area (Å²) in [5.41, 5.74) is -0.618. The van der Waals surface area contributed by atoms with Crippen LogP contribution in [0.2, 0.25) is 5.02 Å². The van der Waals surface area contributed by atoms with Gasteiger partial charge >= 0.3 is 5.97 Å². The maximum absolute atomic E-state index is 12.1. The molecule has 0 fully saturated rings. The molecule has 0 saturated carbocycles. The highest BCUT2D eigenvalue weighted by Crippen LogP contribution is 2.23. The minimum absolute atomic E-state index is 0.00444. The van der Waals surface area contributed by atoms with Crippen LogP contribution in [0.3, 0.4) is 0 Å². The average molecular weight is 207 g/mol. The van der Waals surface area contributed by atoms with Gasteiger partial charge in [-0.1, -0.05) is 11.6 Å². The highest BCUT2D eigenvalue weighted by atomic mass is 35.5. The third-order valence-corrected chi connectivity index (χ3v) is 1.64. The van der Waals surface area contributed by atoms with Crippen LogP contribution in [0.4, 0.5) is 8.78 Å². The van der Waals surface area contributed by atoms with Gasteiger partial charge in [0.25, 0.3) is 6.43 Å². The minimum atomic E-state index is -2.71. The second-order valence-electron chi connectivity index (χ2n) is 2.38. The number of halogens is 3. The number of benzene rings is 1. The number of aromatic carboxylic acids is 1. The fourth-order valence-electron chi connectivity index (χ4n) is 0.862. The van der Waals surface area contributed by atoms with Crippen LogP contribution in [0.15, 0.2) is 18.2 Å². The van der Waals surface area contributed by atoms with Gasteiger partial charge in [0, 0.05) is 10.6 Å². The van der Waals surface area contributed by atoms with Crippen molar-refractivity contribution in [3.8, 4) is 0 Å². The standard InChI is InChI=1S/C8H5ClF2O2/c9-6-2-4(7(10)11)1-5(3-6)8(12)13/h1-3,7H,(H,12,13). The quantitative estimate of drug-likeness (QED) is 0.808. The number of alkyl halides is 2. The molecule has 1 aromatic carbocycles. The van der Waals surface area contributed by atoms with Crippen LogP contribution in [0.5, 0.6) is 0 Å². The monoisotopic (exact) mass is 206 g/mol. The van der Waals surface area contributed by atoms with Crippen LogP contribution in [0, 0.1) is 0 Å². The lowest BCUT2D eigenvalue weighted by Gasteiger charge is -2.02. The molecule has 0 aromatic heterocycles. The molecule has 0 bridgehead atoms. The molecule has 0 heterocycles. The molecule has 0 spiro atoms. The van der Waals surface area contributed by atoms with Crippen molar-refractivity contribution < 1.29 is 18.7 Å². The molecule has 0 aliphatic rings. The van der Waals surface area contributed by atoms with E-state index < -0.39 is 12.4 Å². The van der Waals surface area contributed by atoms with Gasteiger partial charge in [0.1, 0.15) is 0 Å². The van der Waals surface area contributed by atoms with Gasteiger partial charge < -0.3 is 5.11 Å². The van der Waals surface area contributed by atoms with Gasteiger partial charge in [0.05, 0.1) is 5.56 Å². The number of carboxylic acid groups (broad SMARTS) is 1. The number of hydrogen-bond donors (Lipinski definition) is 1. The van der Waals surface area contributed by atoms with E-state index in [1.807, 2.05) is 0 Å². The Morgan fingerprint density at radius 3 is 2.46 bits per heavy atom. The third kappa shape index (κ3) is 2.39. The first-order valence-corrected chi connectivity index (χ1v) is 3.70. The van der Waals surface area contributed by atoms with Crippen molar-refractivity contribution in [2.24, 2.45) is 0 Å². The molecule has 0 saturated heterocycles. The second kappa shape index (κ2) is 3.70. The summed E-state index contributed by atoms with van der Waals surface area (Å²) in [6.45, 7) is 0. The summed E-state index contributed by atoms with van der Waals surface area (Å²) >= 11 is 5.44. The molecule has 0 radical (unpaired) electrons. The van der Waals surface area contributed by atoms with Gasteiger partial charge in [-0.15, -0.1) is 0 Å². The molecule has 0 amide bonds. The fraction of sp³-hybridized carbons (Fsp3) is 0.125. The Morgan fingerprint density at radius 2 is 2.00 bits per heavy atom. The highest BCUT2D eigenvalue weighted by Gasteiger charge is 2.12. The number of carbonyl (C=O) groups is 1. The van der Waals surface area contributed by atoms with E-state index in [0.29, 0.717) is 0 Å². The fourth-order valence-corrected chi connectivity index (χ4v) is 1.11. The number of carboxylic acids is 1. The van der Waals surface area contributed by atoms with Crippen molar-refractivity contribution in [3.63, 3.8) is 0 Å². The van der Waals surface area contributed by atoms with Gasteiger partial charge in [-0.2, -0.15) is 0 Å². The first-order chi connectivity index (χ1) is 6.00. The van der Waals surface area contributed by atoms with Crippen LogP contribution in [0.1, 0.15) is 22.3 Å². The molecule has 0 aliphatic carbocycles. The van der Waals surface area contributed by atoms with E-state index in [1.54, 1.807) is 0 Å². The molecular formula is C8H5ClF2O2. The van der Waals surface area contributed by atoms with Crippen molar-refractivity contribution in [3.05, 3.63) is 34.3 Å². The predicted molar refractivity (Wildman–Crippen MR) is 43.4 cm³/mol. The summed E-state index contributed by atoms with van der Waals surface area (Å²) in [4.78, 5) is 10.4. The van der Waals surface area contributed by atoms with E-state index in [9.17, 15) is 13.6 Å². The van der Waals surface area contributed by atoms with Gasteiger partial charge in [-0.05, 0) is 18.2 Å². The molecule has 70 valence electrons. The molecule has 1 rings (SSSR count). The maximum atomic E-state index is 12.1. The zero-order valence-electron chi connectivity index (χ0n) is 6.30. The van der Waals surface area contributed by atoms with E-state index in [2.05, 4.69) is 0 Å². The van der Waals surface area contributed by atoms with Crippen molar-refractivity contribution in [1.82, 2.24) is 0 Å². The molecule has 0 aliphatic heterocycles. The van der Waals surface area contributed by atoms with Crippen LogP contribution in [-0.4, -0.2) is 11.1 Å². The Hall–Kier alpha value is -1.16. The molecule has 1 aromatic rings. The van der Waals surface area contributed by atoms with Crippen LogP contribution in [-0.2, 0) is 0 Å². The first kappa shape index (κ1) is 9.92. The molecule has 0 unspecified atom stereocenters. The largest absolute Gasteiger partial charge is 0.478 e. The van der Waals surface area contributed by atoms with E-state index in [4.69, 9.17) is 16.7 Å². The summed E-state index contributed by atoms with van der Waals surface area (Å²) < 4.78 is 24.3.